The molecule has 1 aliphatic carbocycles. The van der Waals surface area contributed by atoms with Crippen molar-refractivity contribution in [3.8, 4) is 5.75 Å². The lowest BCUT2D eigenvalue weighted by Gasteiger charge is -2.13. The van der Waals surface area contributed by atoms with E-state index in [-0.39, 0.29) is 0 Å². The topological polar surface area (TPSA) is 21.3 Å². The molecule has 2 heteroatoms. The van der Waals surface area contributed by atoms with Gasteiger partial charge in [0, 0.05) is 6.54 Å². The summed E-state index contributed by atoms with van der Waals surface area (Å²) >= 11 is 0. The lowest BCUT2D eigenvalue weighted by molar-refractivity contribution is 0.210. The second kappa shape index (κ2) is 8.00. The number of benzene rings is 2. The number of nitrogens with one attached hydrogen (secondary N) is 1. The van der Waals surface area contributed by atoms with Crippen LogP contribution < -0.4 is 10.1 Å². The Hall–Kier alpha value is -1.80. The second-order valence-corrected chi connectivity index (χ2v) is 6.08. The van der Waals surface area contributed by atoms with Gasteiger partial charge in [0.05, 0.1) is 6.10 Å². The largest absolute Gasteiger partial charge is 0.490 e. The van der Waals surface area contributed by atoms with Crippen LogP contribution >= 0.6 is 0 Å². The summed E-state index contributed by atoms with van der Waals surface area (Å²) in [6.07, 6.45) is 6.56. The molecule has 0 unspecified atom stereocenters. The van der Waals surface area contributed by atoms with Crippen molar-refractivity contribution < 1.29 is 4.74 Å². The standard InChI is InChI=1S/C20H25NO/c1-2-6-17(7-3-1)14-15-21-16-18-10-12-20(13-11-18)22-19-8-4-5-9-19/h1-3,6-7,10-13,19,21H,4-5,8-9,14-16H2. The van der Waals surface area contributed by atoms with Crippen LogP contribution in [0.25, 0.3) is 0 Å². The molecule has 1 N–H and O–H groups in total. The van der Waals surface area contributed by atoms with Gasteiger partial charge in [0.2, 0.25) is 0 Å². The molecule has 0 aromatic heterocycles. The highest BCUT2D eigenvalue weighted by Gasteiger charge is 2.16. The van der Waals surface area contributed by atoms with E-state index in [0.29, 0.717) is 6.10 Å². The minimum Gasteiger partial charge on any atom is -0.490 e. The average Bonchev–Trinajstić information content (AvgIpc) is 3.07. The van der Waals surface area contributed by atoms with Crippen molar-refractivity contribution in [1.29, 1.82) is 0 Å². The Labute approximate surface area is 133 Å². The highest BCUT2D eigenvalue weighted by Crippen LogP contribution is 2.24. The third kappa shape index (κ3) is 4.60. The minimum absolute atomic E-state index is 0.440. The monoisotopic (exact) mass is 295 g/mol. The van der Waals surface area contributed by atoms with Gasteiger partial charge in [-0.1, -0.05) is 42.5 Å². The first-order valence-electron chi connectivity index (χ1n) is 8.40. The molecule has 1 aliphatic rings. The zero-order chi connectivity index (χ0) is 15.0. The Morgan fingerprint density at radius 2 is 1.59 bits per heavy atom. The minimum atomic E-state index is 0.440. The van der Waals surface area contributed by atoms with Gasteiger partial charge in [-0.2, -0.15) is 0 Å². The lowest BCUT2D eigenvalue weighted by Crippen LogP contribution is -2.16. The van der Waals surface area contributed by atoms with Gasteiger partial charge in [-0.25, -0.2) is 0 Å². The van der Waals surface area contributed by atoms with Crippen LogP contribution in [0.2, 0.25) is 0 Å². The molecule has 0 heterocycles. The van der Waals surface area contributed by atoms with Crippen molar-refractivity contribution in [2.75, 3.05) is 6.54 Å². The van der Waals surface area contributed by atoms with Gasteiger partial charge in [0.1, 0.15) is 5.75 Å². The van der Waals surface area contributed by atoms with E-state index < -0.39 is 0 Å². The molecule has 3 rings (SSSR count). The summed E-state index contributed by atoms with van der Waals surface area (Å²) in [6.45, 7) is 1.92. The molecule has 0 spiro atoms. The third-order valence-electron chi connectivity index (χ3n) is 4.29. The Morgan fingerprint density at radius 3 is 2.32 bits per heavy atom. The number of rotatable bonds is 7. The van der Waals surface area contributed by atoms with Gasteiger partial charge < -0.3 is 10.1 Å². The van der Waals surface area contributed by atoms with Crippen LogP contribution in [-0.4, -0.2) is 12.6 Å². The highest BCUT2D eigenvalue weighted by molar-refractivity contribution is 5.27. The Morgan fingerprint density at radius 1 is 0.864 bits per heavy atom. The maximum absolute atomic E-state index is 5.99. The van der Waals surface area contributed by atoms with Crippen molar-refractivity contribution in [2.24, 2.45) is 0 Å². The summed E-state index contributed by atoms with van der Waals surface area (Å²) in [5.74, 6) is 1.01. The van der Waals surface area contributed by atoms with Crippen molar-refractivity contribution in [3.05, 3.63) is 65.7 Å². The molecular formula is C20H25NO. The fourth-order valence-corrected chi connectivity index (χ4v) is 2.99. The van der Waals surface area contributed by atoms with E-state index >= 15 is 0 Å². The molecule has 0 aliphatic heterocycles. The molecule has 0 amide bonds. The van der Waals surface area contributed by atoms with Crippen molar-refractivity contribution >= 4 is 0 Å². The fourth-order valence-electron chi connectivity index (χ4n) is 2.99. The quantitative estimate of drug-likeness (QED) is 0.767. The molecule has 2 aromatic rings. The maximum Gasteiger partial charge on any atom is 0.119 e. The molecule has 1 saturated carbocycles. The summed E-state index contributed by atoms with van der Waals surface area (Å²) in [4.78, 5) is 0. The normalized spacial score (nSPS) is 15.1. The second-order valence-electron chi connectivity index (χ2n) is 6.08. The third-order valence-corrected chi connectivity index (χ3v) is 4.29. The van der Waals surface area contributed by atoms with Crippen molar-refractivity contribution in [3.63, 3.8) is 0 Å². The van der Waals surface area contributed by atoms with Gasteiger partial charge in [-0.15, -0.1) is 0 Å². The van der Waals surface area contributed by atoms with Crippen LogP contribution in [0.15, 0.2) is 54.6 Å². The van der Waals surface area contributed by atoms with Gasteiger partial charge in [-0.3, -0.25) is 0 Å². The molecule has 2 nitrogen and oxygen atoms in total. The summed E-state index contributed by atoms with van der Waals surface area (Å²) < 4.78 is 5.99. The van der Waals surface area contributed by atoms with E-state index in [2.05, 4.69) is 59.9 Å². The molecule has 116 valence electrons. The Bertz CT molecular complexity index is 544. The SMILES string of the molecule is c1ccc(CCNCc2ccc(OC3CCCC3)cc2)cc1. The zero-order valence-corrected chi connectivity index (χ0v) is 13.1. The van der Waals surface area contributed by atoms with Gasteiger partial charge in [0.25, 0.3) is 0 Å². The van der Waals surface area contributed by atoms with Crippen LogP contribution in [0, 0.1) is 0 Å². The van der Waals surface area contributed by atoms with E-state index in [1.807, 2.05) is 0 Å². The summed E-state index contributed by atoms with van der Waals surface area (Å²) in [7, 11) is 0. The number of ether oxygens (including phenoxy) is 1. The number of hydrogen-bond donors (Lipinski definition) is 1. The molecule has 1 fully saturated rings. The lowest BCUT2D eigenvalue weighted by atomic mass is 10.1. The van der Waals surface area contributed by atoms with E-state index in [9.17, 15) is 0 Å². The van der Waals surface area contributed by atoms with Crippen LogP contribution in [0.4, 0.5) is 0 Å². The summed E-state index contributed by atoms with van der Waals surface area (Å²) in [5, 5.41) is 3.50. The van der Waals surface area contributed by atoms with Gasteiger partial charge in [0.15, 0.2) is 0 Å². The molecule has 0 radical (unpaired) electrons. The van der Waals surface area contributed by atoms with E-state index in [1.165, 1.54) is 36.8 Å². The molecule has 0 bridgehead atoms. The molecule has 2 aromatic carbocycles. The first-order valence-corrected chi connectivity index (χ1v) is 8.40. The van der Waals surface area contributed by atoms with Crippen LogP contribution in [-0.2, 0) is 13.0 Å². The maximum atomic E-state index is 5.99. The first-order chi connectivity index (χ1) is 10.9. The van der Waals surface area contributed by atoms with Crippen molar-refractivity contribution in [1.82, 2.24) is 5.32 Å². The highest BCUT2D eigenvalue weighted by atomic mass is 16.5. The smallest absolute Gasteiger partial charge is 0.119 e. The molecule has 22 heavy (non-hydrogen) atoms. The summed E-state index contributed by atoms with van der Waals surface area (Å²) in [6, 6.07) is 19.1. The van der Waals surface area contributed by atoms with Crippen LogP contribution in [0.1, 0.15) is 36.8 Å². The molecular weight excluding hydrogens is 270 g/mol. The van der Waals surface area contributed by atoms with E-state index in [0.717, 1.165) is 25.3 Å². The Balaban J connectivity index is 1.39. The fraction of sp³-hybridized carbons (Fsp3) is 0.400. The predicted molar refractivity (Wildman–Crippen MR) is 91.2 cm³/mol. The van der Waals surface area contributed by atoms with Gasteiger partial charge in [-0.05, 0) is 61.9 Å². The van der Waals surface area contributed by atoms with Crippen LogP contribution in [0.3, 0.4) is 0 Å². The first kappa shape index (κ1) is 15.1. The van der Waals surface area contributed by atoms with Crippen LogP contribution in [0.5, 0.6) is 5.75 Å². The van der Waals surface area contributed by atoms with E-state index in [1.54, 1.807) is 0 Å². The number of hydrogen-bond acceptors (Lipinski definition) is 2. The zero-order valence-electron chi connectivity index (χ0n) is 13.1. The summed E-state index contributed by atoms with van der Waals surface area (Å²) in [5.41, 5.74) is 2.70. The van der Waals surface area contributed by atoms with Crippen molar-refractivity contribution in [2.45, 2.75) is 44.8 Å². The molecule has 0 atom stereocenters. The Kier molecular flexibility index (Phi) is 5.49. The predicted octanol–water partition coefficient (Wildman–Crippen LogP) is 4.34. The average molecular weight is 295 g/mol. The molecule has 0 saturated heterocycles. The van der Waals surface area contributed by atoms with Gasteiger partial charge >= 0.3 is 0 Å². The van der Waals surface area contributed by atoms with E-state index in [4.69, 9.17) is 4.74 Å².